The van der Waals surface area contributed by atoms with E-state index in [1.54, 1.807) is 12.1 Å². The first kappa shape index (κ1) is 20.7. The Morgan fingerprint density at radius 3 is 2.63 bits per heavy atom. The number of carbonyl (C=O) groups excluding carboxylic acids is 1. The summed E-state index contributed by atoms with van der Waals surface area (Å²) in [4.78, 5) is 23.4. The summed E-state index contributed by atoms with van der Waals surface area (Å²) in [6.45, 7) is 0.507. The lowest BCUT2D eigenvalue weighted by molar-refractivity contribution is -0.384. The Hall–Kier alpha value is -2.64. The van der Waals surface area contributed by atoms with Crippen molar-refractivity contribution in [2.75, 3.05) is 6.54 Å². The number of hydrogen-bond acceptors (Lipinski definition) is 5. The van der Waals surface area contributed by atoms with Gasteiger partial charge in [-0.3, -0.25) is 14.9 Å². The van der Waals surface area contributed by atoms with Crippen molar-refractivity contribution in [2.24, 2.45) is 11.7 Å². The van der Waals surface area contributed by atoms with E-state index in [2.05, 4.69) is 5.32 Å². The molecular weight excluding hydrogens is 370 g/mol. The van der Waals surface area contributed by atoms with Crippen LogP contribution < -0.4 is 15.8 Å². The molecule has 1 aliphatic rings. The summed E-state index contributed by atoms with van der Waals surface area (Å²) < 4.78 is 5.77. The number of nitrogens with one attached hydrogen (secondary N) is 1. The van der Waals surface area contributed by atoms with Gasteiger partial charge in [0.1, 0.15) is 11.5 Å². The van der Waals surface area contributed by atoms with Gasteiger partial charge < -0.3 is 15.8 Å². The smallest absolute Gasteiger partial charge is 0.270 e. The predicted octanol–water partition coefficient (Wildman–Crippen LogP) is 3.67. The molecule has 2 unspecified atom stereocenters. The highest BCUT2D eigenvalue weighted by molar-refractivity contribution is 5.98. The molecule has 144 valence electrons. The summed E-state index contributed by atoms with van der Waals surface area (Å²) in [6.07, 6.45) is 2.84. The van der Waals surface area contributed by atoms with E-state index in [-0.39, 0.29) is 47.3 Å². The van der Waals surface area contributed by atoms with Crippen LogP contribution in [0.25, 0.3) is 0 Å². The number of benzene rings is 2. The monoisotopic (exact) mass is 391 g/mol. The van der Waals surface area contributed by atoms with Gasteiger partial charge in [0.25, 0.3) is 11.6 Å². The van der Waals surface area contributed by atoms with Crippen LogP contribution in [0.15, 0.2) is 48.5 Å². The third kappa shape index (κ3) is 4.96. The van der Waals surface area contributed by atoms with Crippen LogP contribution in [0.1, 0.15) is 29.6 Å². The quantitative estimate of drug-likeness (QED) is 0.577. The fourth-order valence-corrected chi connectivity index (χ4v) is 3.27. The van der Waals surface area contributed by atoms with Gasteiger partial charge in [0.15, 0.2) is 0 Å². The van der Waals surface area contributed by atoms with Crippen LogP contribution in [-0.2, 0) is 0 Å². The summed E-state index contributed by atoms with van der Waals surface area (Å²) >= 11 is 0. The SMILES string of the molecule is Cl.NCC1CCCC1NC(=O)c1cc([N+](=O)[O-])ccc1Oc1ccccc1. The molecule has 2 aromatic carbocycles. The number of nitro groups is 1. The van der Waals surface area contributed by atoms with E-state index in [1.807, 2.05) is 18.2 Å². The van der Waals surface area contributed by atoms with Gasteiger partial charge >= 0.3 is 0 Å². The Bertz CT molecular complexity index is 801. The molecule has 0 radical (unpaired) electrons. The van der Waals surface area contributed by atoms with Crippen molar-refractivity contribution in [1.82, 2.24) is 5.32 Å². The molecule has 8 heteroatoms. The van der Waals surface area contributed by atoms with Crippen molar-refractivity contribution in [3.8, 4) is 11.5 Å². The van der Waals surface area contributed by atoms with Gasteiger partial charge in [-0.2, -0.15) is 0 Å². The molecule has 3 rings (SSSR count). The number of non-ortho nitro benzene ring substituents is 1. The number of halogens is 1. The highest BCUT2D eigenvalue weighted by Crippen LogP contribution is 2.30. The lowest BCUT2D eigenvalue weighted by Gasteiger charge is -2.20. The zero-order valence-electron chi connectivity index (χ0n) is 14.7. The molecule has 0 bridgehead atoms. The summed E-state index contributed by atoms with van der Waals surface area (Å²) in [5.41, 5.74) is 5.76. The maximum atomic E-state index is 12.8. The highest BCUT2D eigenvalue weighted by Gasteiger charge is 2.29. The fourth-order valence-electron chi connectivity index (χ4n) is 3.27. The van der Waals surface area contributed by atoms with Crippen molar-refractivity contribution < 1.29 is 14.5 Å². The number of hydrogen-bond donors (Lipinski definition) is 2. The van der Waals surface area contributed by atoms with Crippen molar-refractivity contribution in [3.05, 3.63) is 64.2 Å². The Morgan fingerprint density at radius 2 is 1.96 bits per heavy atom. The standard InChI is InChI=1S/C19H21N3O4.ClH/c20-12-13-5-4-8-17(13)21-19(23)16-11-14(22(24)25)9-10-18(16)26-15-6-2-1-3-7-15;/h1-3,6-7,9-11,13,17H,4-5,8,12,20H2,(H,21,23);1H. The maximum absolute atomic E-state index is 12.8. The van der Waals surface area contributed by atoms with E-state index in [9.17, 15) is 14.9 Å². The molecule has 2 atom stereocenters. The summed E-state index contributed by atoms with van der Waals surface area (Å²) in [7, 11) is 0. The Labute approximate surface area is 163 Å². The molecule has 1 saturated carbocycles. The first-order chi connectivity index (χ1) is 12.6. The van der Waals surface area contributed by atoms with Crippen molar-refractivity contribution in [1.29, 1.82) is 0 Å². The van der Waals surface area contributed by atoms with Crippen molar-refractivity contribution >= 4 is 24.0 Å². The number of nitro benzene ring substituents is 1. The van der Waals surface area contributed by atoms with Crippen LogP contribution in [0.3, 0.4) is 0 Å². The normalized spacial score (nSPS) is 18.4. The summed E-state index contributed by atoms with van der Waals surface area (Å²) in [5, 5.41) is 14.1. The largest absolute Gasteiger partial charge is 0.457 e. The third-order valence-electron chi connectivity index (χ3n) is 4.67. The molecular formula is C19H22ClN3O4. The molecule has 1 fully saturated rings. The number of amides is 1. The molecule has 2 aromatic rings. The van der Waals surface area contributed by atoms with Crippen LogP contribution in [0.4, 0.5) is 5.69 Å². The van der Waals surface area contributed by atoms with E-state index in [1.165, 1.54) is 18.2 Å². The van der Waals surface area contributed by atoms with Gasteiger partial charge in [-0.1, -0.05) is 24.6 Å². The molecule has 0 aromatic heterocycles. The minimum atomic E-state index is -0.526. The molecule has 1 aliphatic carbocycles. The minimum Gasteiger partial charge on any atom is -0.457 e. The summed E-state index contributed by atoms with van der Waals surface area (Å²) in [5.74, 6) is 0.679. The fraction of sp³-hybridized carbons (Fsp3) is 0.316. The van der Waals surface area contributed by atoms with E-state index < -0.39 is 4.92 Å². The van der Waals surface area contributed by atoms with Gasteiger partial charge in [0.05, 0.1) is 10.5 Å². The first-order valence-electron chi connectivity index (χ1n) is 8.60. The topological polar surface area (TPSA) is 107 Å². The zero-order valence-corrected chi connectivity index (χ0v) is 15.5. The van der Waals surface area contributed by atoms with Gasteiger partial charge in [0.2, 0.25) is 0 Å². The van der Waals surface area contributed by atoms with E-state index in [0.717, 1.165) is 19.3 Å². The Morgan fingerprint density at radius 1 is 1.22 bits per heavy atom. The second kappa shape index (κ2) is 9.34. The van der Waals surface area contributed by atoms with Gasteiger partial charge in [0, 0.05) is 18.2 Å². The van der Waals surface area contributed by atoms with Gasteiger partial charge in [-0.05, 0) is 43.5 Å². The van der Waals surface area contributed by atoms with E-state index >= 15 is 0 Å². The molecule has 27 heavy (non-hydrogen) atoms. The average molecular weight is 392 g/mol. The molecule has 0 heterocycles. The van der Waals surface area contributed by atoms with Crippen LogP contribution in [0.2, 0.25) is 0 Å². The second-order valence-electron chi connectivity index (χ2n) is 6.36. The second-order valence-corrected chi connectivity index (χ2v) is 6.36. The predicted molar refractivity (Wildman–Crippen MR) is 105 cm³/mol. The lowest BCUT2D eigenvalue weighted by atomic mass is 10.0. The number of nitrogens with zero attached hydrogens (tertiary/aromatic N) is 1. The summed E-state index contributed by atoms with van der Waals surface area (Å²) in [6, 6.07) is 13.0. The van der Waals surface area contributed by atoms with Crippen LogP contribution in [0, 0.1) is 16.0 Å². The van der Waals surface area contributed by atoms with Crippen LogP contribution in [0.5, 0.6) is 11.5 Å². The molecule has 7 nitrogen and oxygen atoms in total. The van der Waals surface area contributed by atoms with Crippen LogP contribution in [-0.4, -0.2) is 23.4 Å². The van der Waals surface area contributed by atoms with E-state index in [0.29, 0.717) is 12.3 Å². The molecule has 0 saturated heterocycles. The maximum Gasteiger partial charge on any atom is 0.270 e. The van der Waals surface area contributed by atoms with Crippen molar-refractivity contribution in [3.63, 3.8) is 0 Å². The van der Waals surface area contributed by atoms with E-state index in [4.69, 9.17) is 10.5 Å². The number of nitrogens with two attached hydrogens (primary N) is 1. The molecule has 0 aliphatic heterocycles. The number of para-hydroxylation sites is 1. The minimum absolute atomic E-state index is 0. The Balaban J connectivity index is 0.00000261. The highest BCUT2D eigenvalue weighted by atomic mass is 35.5. The Kier molecular flexibility index (Phi) is 7.15. The zero-order chi connectivity index (χ0) is 18.5. The number of carbonyl (C=O) groups is 1. The van der Waals surface area contributed by atoms with Gasteiger partial charge in [-0.25, -0.2) is 0 Å². The molecule has 0 spiro atoms. The lowest BCUT2D eigenvalue weighted by Crippen LogP contribution is -2.40. The average Bonchev–Trinajstić information content (AvgIpc) is 3.09. The molecule has 3 N–H and O–H groups in total. The van der Waals surface area contributed by atoms with Crippen LogP contribution >= 0.6 is 12.4 Å². The first-order valence-corrected chi connectivity index (χ1v) is 8.60. The number of ether oxygens (including phenoxy) is 1. The van der Waals surface area contributed by atoms with Gasteiger partial charge in [-0.15, -0.1) is 12.4 Å². The molecule has 1 amide bonds. The van der Waals surface area contributed by atoms with Crippen molar-refractivity contribution in [2.45, 2.75) is 25.3 Å². The number of rotatable bonds is 6. The third-order valence-corrected chi connectivity index (χ3v) is 4.67.